The number of thiophene rings is 1. The molecule has 1 saturated carbocycles. The molecular formula is C12H18N2OS. The van der Waals surface area contributed by atoms with E-state index in [1.54, 1.807) is 6.07 Å². The molecule has 1 aliphatic carbocycles. The van der Waals surface area contributed by atoms with Crippen molar-refractivity contribution in [3.63, 3.8) is 0 Å². The number of carbonyl (C=O) groups excluding carboxylic acids is 1. The molecule has 0 saturated heterocycles. The molecule has 1 fully saturated rings. The Balaban J connectivity index is 2.04. The van der Waals surface area contributed by atoms with E-state index in [1.165, 1.54) is 30.6 Å². The number of carbonyl (C=O) groups is 1. The largest absolute Gasteiger partial charge is 0.397 e. The molecule has 4 heteroatoms. The molecule has 0 aromatic carbocycles. The standard InChI is InChI=1S/C12H18N2OS/c1-12(6-3-2-4-7-12)14-11(15)10-9(13)5-8-16-10/h5,8H,2-4,6-7,13H2,1H3,(H,14,15). The van der Waals surface area contributed by atoms with Gasteiger partial charge in [0.15, 0.2) is 0 Å². The van der Waals surface area contributed by atoms with Gasteiger partial charge in [0.05, 0.1) is 5.69 Å². The second-order valence-corrected chi connectivity index (χ2v) is 5.70. The van der Waals surface area contributed by atoms with Gasteiger partial charge in [0, 0.05) is 5.54 Å². The van der Waals surface area contributed by atoms with Crippen LogP contribution in [0, 0.1) is 0 Å². The van der Waals surface area contributed by atoms with Crippen molar-refractivity contribution in [1.29, 1.82) is 0 Å². The molecule has 0 unspecified atom stereocenters. The Morgan fingerprint density at radius 2 is 2.12 bits per heavy atom. The highest BCUT2D eigenvalue weighted by molar-refractivity contribution is 7.12. The van der Waals surface area contributed by atoms with Crippen molar-refractivity contribution < 1.29 is 4.79 Å². The SMILES string of the molecule is CC1(NC(=O)c2sccc2N)CCCCC1. The number of nitrogen functional groups attached to an aromatic ring is 1. The van der Waals surface area contributed by atoms with E-state index in [-0.39, 0.29) is 11.4 Å². The van der Waals surface area contributed by atoms with Crippen molar-refractivity contribution >= 4 is 22.9 Å². The zero-order chi connectivity index (χ0) is 11.6. The summed E-state index contributed by atoms with van der Waals surface area (Å²) in [5.41, 5.74) is 6.29. The second-order valence-electron chi connectivity index (χ2n) is 4.78. The molecule has 0 bridgehead atoms. The summed E-state index contributed by atoms with van der Waals surface area (Å²) in [6.07, 6.45) is 5.84. The van der Waals surface area contributed by atoms with Crippen LogP contribution in [0.4, 0.5) is 5.69 Å². The molecule has 1 aromatic heterocycles. The summed E-state index contributed by atoms with van der Waals surface area (Å²) in [7, 11) is 0. The minimum absolute atomic E-state index is 0.0168. The molecule has 1 aromatic rings. The molecule has 88 valence electrons. The van der Waals surface area contributed by atoms with Crippen molar-refractivity contribution in [2.24, 2.45) is 0 Å². The third-order valence-corrected chi connectivity index (χ3v) is 4.20. The van der Waals surface area contributed by atoms with Gasteiger partial charge < -0.3 is 11.1 Å². The average molecular weight is 238 g/mol. The van der Waals surface area contributed by atoms with E-state index >= 15 is 0 Å². The third kappa shape index (κ3) is 2.38. The van der Waals surface area contributed by atoms with Gasteiger partial charge in [0.1, 0.15) is 4.88 Å². The molecule has 3 N–H and O–H groups in total. The van der Waals surface area contributed by atoms with Crippen LogP contribution in [0.25, 0.3) is 0 Å². The monoisotopic (exact) mass is 238 g/mol. The predicted octanol–water partition coefficient (Wildman–Crippen LogP) is 2.78. The van der Waals surface area contributed by atoms with E-state index in [2.05, 4.69) is 12.2 Å². The van der Waals surface area contributed by atoms with Gasteiger partial charge in [-0.05, 0) is 31.2 Å². The summed E-state index contributed by atoms with van der Waals surface area (Å²) in [6, 6.07) is 1.78. The molecule has 1 heterocycles. The summed E-state index contributed by atoms with van der Waals surface area (Å²) in [5.74, 6) is -0.0168. The van der Waals surface area contributed by atoms with E-state index in [1.807, 2.05) is 5.38 Å². The zero-order valence-corrected chi connectivity index (χ0v) is 10.4. The van der Waals surface area contributed by atoms with E-state index < -0.39 is 0 Å². The summed E-state index contributed by atoms with van der Waals surface area (Å²) >= 11 is 1.41. The van der Waals surface area contributed by atoms with Gasteiger partial charge in [-0.1, -0.05) is 19.3 Å². The van der Waals surface area contributed by atoms with Crippen LogP contribution in [0.2, 0.25) is 0 Å². The fourth-order valence-corrected chi connectivity index (χ4v) is 3.00. The van der Waals surface area contributed by atoms with E-state index in [0.29, 0.717) is 10.6 Å². The van der Waals surface area contributed by atoms with Gasteiger partial charge in [-0.2, -0.15) is 0 Å². The summed E-state index contributed by atoms with van der Waals surface area (Å²) in [5, 5.41) is 4.98. The zero-order valence-electron chi connectivity index (χ0n) is 9.58. The fourth-order valence-electron chi connectivity index (χ4n) is 2.29. The van der Waals surface area contributed by atoms with Crippen molar-refractivity contribution in [2.75, 3.05) is 5.73 Å². The molecule has 16 heavy (non-hydrogen) atoms. The first-order chi connectivity index (χ1) is 7.61. The second kappa shape index (κ2) is 4.45. The Morgan fingerprint density at radius 3 is 2.69 bits per heavy atom. The number of amides is 1. The maximum absolute atomic E-state index is 12.0. The Bertz CT molecular complexity index is 380. The first-order valence-electron chi connectivity index (χ1n) is 5.76. The Kier molecular flexibility index (Phi) is 3.19. The van der Waals surface area contributed by atoms with E-state index in [4.69, 9.17) is 5.73 Å². The number of hydrogen-bond donors (Lipinski definition) is 2. The van der Waals surface area contributed by atoms with Crippen LogP contribution in [-0.2, 0) is 0 Å². The van der Waals surface area contributed by atoms with Gasteiger partial charge in [0.25, 0.3) is 5.91 Å². The van der Waals surface area contributed by atoms with E-state index in [0.717, 1.165) is 12.8 Å². The highest BCUT2D eigenvalue weighted by atomic mass is 32.1. The number of nitrogens with two attached hydrogens (primary N) is 1. The maximum Gasteiger partial charge on any atom is 0.263 e. The Labute approximate surface area is 100 Å². The summed E-state index contributed by atoms with van der Waals surface area (Å²) < 4.78 is 0. The van der Waals surface area contributed by atoms with Crippen molar-refractivity contribution in [3.05, 3.63) is 16.3 Å². The molecule has 0 atom stereocenters. The van der Waals surface area contributed by atoms with E-state index in [9.17, 15) is 4.79 Å². The normalized spacial score (nSPS) is 19.3. The van der Waals surface area contributed by atoms with Crippen molar-refractivity contribution in [2.45, 2.75) is 44.6 Å². The topological polar surface area (TPSA) is 55.1 Å². The van der Waals surface area contributed by atoms with Crippen LogP contribution in [0.3, 0.4) is 0 Å². The lowest BCUT2D eigenvalue weighted by molar-refractivity contribution is 0.0888. The number of rotatable bonds is 2. The van der Waals surface area contributed by atoms with Crippen LogP contribution in [0.15, 0.2) is 11.4 Å². The Hall–Kier alpha value is -1.03. The van der Waals surface area contributed by atoms with Crippen LogP contribution >= 0.6 is 11.3 Å². The van der Waals surface area contributed by atoms with Gasteiger partial charge >= 0.3 is 0 Å². The van der Waals surface area contributed by atoms with Crippen LogP contribution in [0.5, 0.6) is 0 Å². The minimum Gasteiger partial charge on any atom is -0.397 e. The third-order valence-electron chi connectivity index (χ3n) is 3.27. The number of hydrogen-bond acceptors (Lipinski definition) is 3. The van der Waals surface area contributed by atoms with Crippen LogP contribution in [-0.4, -0.2) is 11.4 Å². The van der Waals surface area contributed by atoms with Crippen LogP contribution in [0.1, 0.15) is 48.7 Å². The lowest BCUT2D eigenvalue weighted by Gasteiger charge is -2.34. The van der Waals surface area contributed by atoms with Crippen molar-refractivity contribution in [3.8, 4) is 0 Å². The van der Waals surface area contributed by atoms with Gasteiger partial charge in [0.2, 0.25) is 0 Å². The quantitative estimate of drug-likeness (QED) is 0.832. The fraction of sp³-hybridized carbons (Fsp3) is 0.583. The molecule has 1 aliphatic rings. The van der Waals surface area contributed by atoms with Gasteiger partial charge in [-0.25, -0.2) is 0 Å². The lowest BCUT2D eigenvalue weighted by atomic mass is 9.83. The van der Waals surface area contributed by atoms with Crippen molar-refractivity contribution in [1.82, 2.24) is 5.32 Å². The molecule has 0 radical (unpaired) electrons. The number of nitrogens with one attached hydrogen (secondary N) is 1. The molecule has 3 nitrogen and oxygen atoms in total. The van der Waals surface area contributed by atoms with Crippen LogP contribution < -0.4 is 11.1 Å². The summed E-state index contributed by atoms with van der Waals surface area (Å²) in [6.45, 7) is 2.13. The predicted molar refractivity (Wildman–Crippen MR) is 67.7 cm³/mol. The molecule has 2 rings (SSSR count). The smallest absolute Gasteiger partial charge is 0.263 e. The molecule has 0 aliphatic heterocycles. The minimum atomic E-state index is -0.0359. The highest BCUT2D eigenvalue weighted by Gasteiger charge is 2.29. The average Bonchev–Trinajstić information content (AvgIpc) is 2.65. The first-order valence-corrected chi connectivity index (χ1v) is 6.64. The Morgan fingerprint density at radius 1 is 1.44 bits per heavy atom. The molecular weight excluding hydrogens is 220 g/mol. The highest BCUT2D eigenvalue weighted by Crippen LogP contribution is 2.29. The molecule has 0 spiro atoms. The van der Waals surface area contributed by atoms with Gasteiger partial charge in [-0.3, -0.25) is 4.79 Å². The van der Waals surface area contributed by atoms with Gasteiger partial charge in [-0.15, -0.1) is 11.3 Å². The first kappa shape index (κ1) is 11.5. The molecule has 1 amide bonds. The lowest BCUT2D eigenvalue weighted by Crippen LogP contribution is -2.47. The maximum atomic E-state index is 12.0. The summed E-state index contributed by atoms with van der Waals surface area (Å²) in [4.78, 5) is 12.7. The number of anilines is 1.